The van der Waals surface area contributed by atoms with Crippen molar-refractivity contribution in [2.75, 3.05) is 19.6 Å². The molecule has 1 aliphatic heterocycles. The topological polar surface area (TPSA) is 62.3 Å². The van der Waals surface area contributed by atoms with E-state index in [1.54, 1.807) is 11.3 Å². The molecule has 1 aliphatic rings. The lowest BCUT2D eigenvalue weighted by atomic mass is 10.00. The first kappa shape index (κ1) is 18.1. The number of aryl methyl sites for hydroxylation is 1. The molecule has 2 aromatic rings. The molecule has 134 valence electrons. The minimum atomic E-state index is -0.142. The van der Waals surface area contributed by atoms with Gasteiger partial charge in [-0.3, -0.25) is 9.59 Å². The number of nitrogens with one attached hydrogen (secondary N) is 1. The van der Waals surface area contributed by atoms with Gasteiger partial charge in [-0.15, -0.1) is 11.3 Å². The number of thiophene rings is 1. The monoisotopic (exact) mass is 377 g/mol. The highest BCUT2D eigenvalue weighted by Gasteiger charge is 2.21. The first-order valence-corrected chi connectivity index (χ1v) is 10.4. The number of carbonyl (C=O) groups is 2. The molecule has 2 aromatic heterocycles. The van der Waals surface area contributed by atoms with E-state index in [1.807, 2.05) is 28.7 Å². The molecule has 0 radical (unpaired) electrons. The zero-order valence-electron chi connectivity index (χ0n) is 14.6. The Kier molecular flexibility index (Phi) is 5.86. The van der Waals surface area contributed by atoms with Crippen LogP contribution in [0.3, 0.4) is 0 Å². The van der Waals surface area contributed by atoms with Crippen molar-refractivity contribution >= 4 is 34.5 Å². The van der Waals surface area contributed by atoms with Crippen LogP contribution in [0.5, 0.6) is 0 Å². The van der Waals surface area contributed by atoms with Gasteiger partial charge in [0.15, 0.2) is 0 Å². The summed E-state index contributed by atoms with van der Waals surface area (Å²) in [4.78, 5) is 31.7. The molecule has 3 rings (SSSR count). The van der Waals surface area contributed by atoms with Crippen molar-refractivity contribution in [3.63, 3.8) is 0 Å². The Hall–Kier alpha value is -1.73. The van der Waals surface area contributed by atoms with E-state index in [0.717, 1.165) is 35.8 Å². The minimum Gasteiger partial charge on any atom is -0.351 e. The van der Waals surface area contributed by atoms with Gasteiger partial charge < -0.3 is 10.2 Å². The lowest BCUT2D eigenvalue weighted by Gasteiger charge is -2.31. The number of carbonyl (C=O) groups excluding carboxylic acids is 2. The van der Waals surface area contributed by atoms with E-state index in [4.69, 9.17) is 0 Å². The van der Waals surface area contributed by atoms with Gasteiger partial charge in [-0.05, 0) is 37.1 Å². The highest BCUT2D eigenvalue weighted by Crippen LogP contribution is 2.29. The lowest BCUT2D eigenvalue weighted by Crippen LogP contribution is -2.40. The standard InChI is InChI=1S/C18H23N3O2S2/c1-12-4-3-8-21(10-12)15(22)5-7-19-17(23)16-13(2)20-18(25-16)14-6-9-24-11-14/h6,9,11-12H,3-5,7-8,10H2,1-2H3,(H,19,23). The summed E-state index contributed by atoms with van der Waals surface area (Å²) in [6, 6.07) is 2.00. The average molecular weight is 378 g/mol. The fraction of sp³-hybridized carbons (Fsp3) is 0.500. The molecule has 1 saturated heterocycles. The molecular formula is C18H23N3O2S2. The number of thiazole rings is 1. The predicted molar refractivity (Wildman–Crippen MR) is 102 cm³/mol. The summed E-state index contributed by atoms with van der Waals surface area (Å²) in [5.41, 5.74) is 1.78. The molecule has 1 unspecified atom stereocenters. The van der Waals surface area contributed by atoms with E-state index in [1.165, 1.54) is 17.8 Å². The van der Waals surface area contributed by atoms with Crippen LogP contribution in [0.25, 0.3) is 10.6 Å². The van der Waals surface area contributed by atoms with Gasteiger partial charge in [0.1, 0.15) is 9.88 Å². The number of likely N-dealkylation sites (tertiary alicyclic amines) is 1. The zero-order chi connectivity index (χ0) is 17.8. The fourth-order valence-corrected chi connectivity index (χ4v) is 4.75. The Bertz CT molecular complexity index is 740. The van der Waals surface area contributed by atoms with Crippen LogP contribution in [0.15, 0.2) is 16.8 Å². The molecule has 5 nitrogen and oxygen atoms in total. The van der Waals surface area contributed by atoms with E-state index in [9.17, 15) is 9.59 Å². The summed E-state index contributed by atoms with van der Waals surface area (Å²) in [5, 5.41) is 7.75. The molecule has 3 heterocycles. The van der Waals surface area contributed by atoms with Crippen LogP contribution in [0.4, 0.5) is 0 Å². The fourth-order valence-electron chi connectivity index (χ4n) is 3.05. The van der Waals surface area contributed by atoms with Crippen LogP contribution in [-0.4, -0.2) is 41.3 Å². The van der Waals surface area contributed by atoms with E-state index in [2.05, 4.69) is 17.2 Å². The summed E-state index contributed by atoms with van der Waals surface area (Å²) in [7, 11) is 0. The zero-order valence-corrected chi connectivity index (χ0v) is 16.2. The maximum Gasteiger partial charge on any atom is 0.263 e. The van der Waals surface area contributed by atoms with Gasteiger partial charge in [0, 0.05) is 37.0 Å². The largest absolute Gasteiger partial charge is 0.351 e. The first-order valence-electron chi connectivity index (χ1n) is 8.60. The quantitative estimate of drug-likeness (QED) is 0.867. The molecule has 2 amide bonds. The van der Waals surface area contributed by atoms with Gasteiger partial charge in [-0.25, -0.2) is 4.98 Å². The minimum absolute atomic E-state index is 0.131. The second kappa shape index (κ2) is 8.10. The number of rotatable bonds is 5. The SMILES string of the molecule is Cc1nc(-c2ccsc2)sc1C(=O)NCCC(=O)N1CCCC(C)C1. The van der Waals surface area contributed by atoms with Crippen molar-refractivity contribution in [2.45, 2.75) is 33.1 Å². The number of amides is 2. The second-order valence-corrected chi connectivity index (χ2v) is 8.32. The summed E-state index contributed by atoms with van der Waals surface area (Å²) >= 11 is 3.01. The van der Waals surface area contributed by atoms with Gasteiger partial charge in [-0.2, -0.15) is 11.3 Å². The smallest absolute Gasteiger partial charge is 0.263 e. The highest BCUT2D eigenvalue weighted by atomic mass is 32.1. The van der Waals surface area contributed by atoms with Crippen molar-refractivity contribution < 1.29 is 9.59 Å². The molecule has 7 heteroatoms. The van der Waals surface area contributed by atoms with E-state index in [0.29, 0.717) is 23.8 Å². The second-order valence-electron chi connectivity index (χ2n) is 6.54. The molecule has 1 N–H and O–H groups in total. The van der Waals surface area contributed by atoms with Crippen LogP contribution in [0.1, 0.15) is 41.6 Å². The summed E-state index contributed by atoms with van der Waals surface area (Å²) in [6.07, 6.45) is 2.62. The third-order valence-electron chi connectivity index (χ3n) is 4.41. The Morgan fingerprint density at radius 3 is 3.00 bits per heavy atom. The van der Waals surface area contributed by atoms with Gasteiger partial charge in [0.2, 0.25) is 5.91 Å². The Morgan fingerprint density at radius 1 is 1.44 bits per heavy atom. The van der Waals surface area contributed by atoms with E-state index >= 15 is 0 Å². The molecule has 25 heavy (non-hydrogen) atoms. The van der Waals surface area contributed by atoms with Crippen LogP contribution >= 0.6 is 22.7 Å². The Morgan fingerprint density at radius 2 is 2.28 bits per heavy atom. The molecular weight excluding hydrogens is 354 g/mol. The van der Waals surface area contributed by atoms with Crippen LogP contribution in [0, 0.1) is 12.8 Å². The molecule has 1 fully saturated rings. The van der Waals surface area contributed by atoms with Crippen LogP contribution in [0.2, 0.25) is 0 Å². The number of hydrogen-bond acceptors (Lipinski definition) is 5. The summed E-state index contributed by atoms with van der Waals surface area (Å²) < 4.78 is 0. The third kappa shape index (κ3) is 4.46. The number of hydrogen-bond donors (Lipinski definition) is 1. The Labute approximate surface area is 156 Å². The maximum absolute atomic E-state index is 12.4. The van der Waals surface area contributed by atoms with E-state index < -0.39 is 0 Å². The van der Waals surface area contributed by atoms with Crippen LogP contribution in [-0.2, 0) is 4.79 Å². The maximum atomic E-state index is 12.4. The summed E-state index contributed by atoms with van der Waals surface area (Å²) in [5.74, 6) is 0.561. The van der Waals surface area contributed by atoms with Crippen molar-refractivity contribution in [2.24, 2.45) is 5.92 Å². The van der Waals surface area contributed by atoms with Gasteiger partial charge in [-0.1, -0.05) is 6.92 Å². The average Bonchev–Trinajstić information content (AvgIpc) is 3.24. The van der Waals surface area contributed by atoms with Gasteiger partial charge in [0.25, 0.3) is 5.91 Å². The number of aromatic nitrogens is 1. The molecule has 0 saturated carbocycles. The Balaban J connectivity index is 1.52. The number of nitrogens with zero attached hydrogens (tertiary/aromatic N) is 2. The molecule has 1 atom stereocenters. The number of piperidine rings is 1. The first-order chi connectivity index (χ1) is 12.0. The van der Waals surface area contributed by atoms with Crippen molar-refractivity contribution in [1.82, 2.24) is 15.2 Å². The van der Waals surface area contributed by atoms with Crippen molar-refractivity contribution in [3.05, 3.63) is 27.4 Å². The molecule has 0 spiro atoms. The summed E-state index contributed by atoms with van der Waals surface area (Å²) in [6.45, 7) is 6.08. The molecule has 0 aromatic carbocycles. The molecule has 0 aliphatic carbocycles. The van der Waals surface area contributed by atoms with Crippen LogP contribution < -0.4 is 5.32 Å². The lowest BCUT2D eigenvalue weighted by molar-refractivity contribution is -0.132. The third-order valence-corrected chi connectivity index (χ3v) is 6.29. The van der Waals surface area contributed by atoms with Crippen molar-refractivity contribution in [1.29, 1.82) is 0 Å². The van der Waals surface area contributed by atoms with Crippen molar-refractivity contribution in [3.8, 4) is 10.6 Å². The highest BCUT2D eigenvalue weighted by molar-refractivity contribution is 7.17. The van der Waals surface area contributed by atoms with Gasteiger partial charge >= 0.3 is 0 Å². The molecule has 0 bridgehead atoms. The normalized spacial score (nSPS) is 17.5. The van der Waals surface area contributed by atoms with Gasteiger partial charge in [0.05, 0.1) is 5.69 Å². The predicted octanol–water partition coefficient (Wildman–Crippen LogP) is 3.56. The van der Waals surface area contributed by atoms with E-state index in [-0.39, 0.29) is 11.8 Å².